The first-order valence-electron chi connectivity index (χ1n) is 7.44. The van der Waals surface area contributed by atoms with E-state index >= 15 is 0 Å². The first-order chi connectivity index (χ1) is 11.0. The Morgan fingerprint density at radius 3 is 2.52 bits per heavy atom. The van der Waals surface area contributed by atoms with Gasteiger partial charge < -0.3 is 10.6 Å². The van der Waals surface area contributed by atoms with Gasteiger partial charge in [-0.3, -0.25) is 4.79 Å². The highest BCUT2D eigenvalue weighted by Crippen LogP contribution is 2.31. The molecule has 1 amide bonds. The summed E-state index contributed by atoms with van der Waals surface area (Å²) in [6, 6.07) is 6.67. The number of amides is 1. The van der Waals surface area contributed by atoms with Gasteiger partial charge >= 0.3 is 0 Å². The molecule has 0 saturated carbocycles. The number of carbonyl (C=O) groups is 1. The van der Waals surface area contributed by atoms with Gasteiger partial charge in [-0.15, -0.1) is 0 Å². The van der Waals surface area contributed by atoms with E-state index in [9.17, 15) is 4.79 Å². The molecular formula is C16H16Cl2N4O. The average molecular weight is 351 g/mol. The Balaban J connectivity index is 2.10. The average Bonchev–Trinajstić information content (AvgIpc) is 2.57. The third-order valence-corrected chi connectivity index (χ3v) is 4.37. The third-order valence-electron chi connectivity index (χ3n) is 3.81. The summed E-state index contributed by atoms with van der Waals surface area (Å²) >= 11 is 12.3. The first-order valence-corrected chi connectivity index (χ1v) is 8.19. The van der Waals surface area contributed by atoms with Crippen LogP contribution in [0, 0.1) is 0 Å². The minimum Gasteiger partial charge on any atom is -0.364 e. The molecule has 120 valence electrons. The molecule has 0 radical (unpaired) electrons. The summed E-state index contributed by atoms with van der Waals surface area (Å²) in [4.78, 5) is 22.6. The van der Waals surface area contributed by atoms with Crippen molar-refractivity contribution >= 4 is 35.1 Å². The van der Waals surface area contributed by atoms with Gasteiger partial charge in [0.2, 0.25) is 5.95 Å². The zero-order valence-electron chi connectivity index (χ0n) is 12.4. The number of hydrogen-bond donors (Lipinski definition) is 1. The van der Waals surface area contributed by atoms with Crippen molar-refractivity contribution in [2.45, 2.75) is 19.3 Å². The minimum atomic E-state index is -0.593. The fourth-order valence-electron chi connectivity index (χ4n) is 2.63. The second-order valence-electron chi connectivity index (χ2n) is 5.47. The second-order valence-corrected chi connectivity index (χ2v) is 6.32. The van der Waals surface area contributed by atoms with Crippen molar-refractivity contribution in [3.05, 3.63) is 40.0 Å². The van der Waals surface area contributed by atoms with E-state index in [1.165, 1.54) is 6.42 Å². The van der Waals surface area contributed by atoms with Gasteiger partial charge in [-0.1, -0.05) is 23.2 Å². The van der Waals surface area contributed by atoms with Gasteiger partial charge in [0, 0.05) is 23.7 Å². The molecule has 23 heavy (non-hydrogen) atoms. The van der Waals surface area contributed by atoms with Crippen LogP contribution in [0.5, 0.6) is 0 Å². The fraction of sp³-hybridized carbons (Fsp3) is 0.312. The molecule has 2 N–H and O–H groups in total. The first kappa shape index (κ1) is 16.0. The maximum absolute atomic E-state index is 11.6. The van der Waals surface area contributed by atoms with Crippen molar-refractivity contribution < 1.29 is 4.79 Å². The molecule has 1 fully saturated rings. The van der Waals surface area contributed by atoms with Crippen LogP contribution in [0.4, 0.5) is 5.95 Å². The molecule has 1 aromatic heterocycles. The van der Waals surface area contributed by atoms with E-state index in [2.05, 4.69) is 14.9 Å². The van der Waals surface area contributed by atoms with Crippen LogP contribution >= 0.6 is 23.2 Å². The molecule has 0 aliphatic carbocycles. The van der Waals surface area contributed by atoms with Gasteiger partial charge in [0.15, 0.2) is 0 Å². The number of carbonyl (C=O) groups excluding carboxylic acids is 1. The summed E-state index contributed by atoms with van der Waals surface area (Å²) in [5.41, 5.74) is 6.79. The van der Waals surface area contributed by atoms with Crippen LogP contribution in [0.15, 0.2) is 24.3 Å². The number of hydrogen-bond acceptors (Lipinski definition) is 4. The standard InChI is InChI=1S/C16H16Cl2N4O/c17-10-4-5-12(18)11(8-10)13-9-14(15(19)23)21-16(20-13)22-6-2-1-3-7-22/h4-5,8-9H,1-3,6-7H2,(H2,19,23). The molecule has 0 atom stereocenters. The Labute approximate surface area is 144 Å². The van der Waals surface area contributed by atoms with Crippen LogP contribution in [-0.2, 0) is 0 Å². The molecular weight excluding hydrogens is 335 g/mol. The van der Waals surface area contributed by atoms with E-state index in [0.29, 0.717) is 27.3 Å². The lowest BCUT2D eigenvalue weighted by molar-refractivity contribution is 0.0995. The third kappa shape index (κ3) is 3.57. The highest BCUT2D eigenvalue weighted by Gasteiger charge is 2.18. The summed E-state index contributed by atoms with van der Waals surface area (Å²) in [5.74, 6) is -0.0860. The van der Waals surface area contributed by atoms with E-state index in [4.69, 9.17) is 28.9 Å². The van der Waals surface area contributed by atoms with E-state index in [0.717, 1.165) is 25.9 Å². The van der Waals surface area contributed by atoms with Crippen molar-refractivity contribution in [1.29, 1.82) is 0 Å². The molecule has 0 unspecified atom stereocenters. The summed E-state index contributed by atoms with van der Waals surface area (Å²) in [6.45, 7) is 1.73. The predicted octanol–water partition coefficient (Wildman–Crippen LogP) is 3.54. The Morgan fingerprint density at radius 2 is 1.83 bits per heavy atom. The summed E-state index contributed by atoms with van der Waals surface area (Å²) in [6.07, 6.45) is 3.35. The Morgan fingerprint density at radius 1 is 1.09 bits per heavy atom. The number of rotatable bonds is 3. The minimum absolute atomic E-state index is 0.173. The summed E-state index contributed by atoms with van der Waals surface area (Å²) in [7, 11) is 0. The van der Waals surface area contributed by atoms with Gasteiger partial charge in [0.05, 0.1) is 10.7 Å². The molecule has 7 heteroatoms. The van der Waals surface area contributed by atoms with Crippen LogP contribution < -0.4 is 10.6 Å². The van der Waals surface area contributed by atoms with Gasteiger partial charge in [0.1, 0.15) is 5.69 Å². The quantitative estimate of drug-likeness (QED) is 0.918. The van der Waals surface area contributed by atoms with Crippen molar-refractivity contribution in [3.63, 3.8) is 0 Å². The monoisotopic (exact) mass is 350 g/mol. The topological polar surface area (TPSA) is 72.1 Å². The van der Waals surface area contributed by atoms with Crippen molar-refractivity contribution in [1.82, 2.24) is 9.97 Å². The van der Waals surface area contributed by atoms with Crippen molar-refractivity contribution in [2.75, 3.05) is 18.0 Å². The zero-order valence-corrected chi connectivity index (χ0v) is 13.9. The number of anilines is 1. The van der Waals surface area contributed by atoms with Gasteiger partial charge in [0.25, 0.3) is 5.91 Å². The zero-order chi connectivity index (χ0) is 16.4. The van der Waals surface area contributed by atoms with Gasteiger partial charge in [-0.05, 0) is 43.5 Å². The van der Waals surface area contributed by atoms with Crippen LogP contribution in [0.3, 0.4) is 0 Å². The van der Waals surface area contributed by atoms with Crippen LogP contribution in [0.1, 0.15) is 29.8 Å². The highest BCUT2D eigenvalue weighted by atomic mass is 35.5. The van der Waals surface area contributed by atoms with Crippen LogP contribution in [0.2, 0.25) is 10.0 Å². The molecule has 2 aromatic rings. The molecule has 2 heterocycles. The molecule has 5 nitrogen and oxygen atoms in total. The number of aromatic nitrogens is 2. The molecule has 1 aliphatic rings. The number of primary amides is 1. The lowest BCUT2D eigenvalue weighted by Crippen LogP contribution is -2.31. The normalized spacial score (nSPS) is 14.8. The molecule has 0 bridgehead atoms. The Kier molecular flexibility index (Phi) is 4.68. The second kappa shape index (κ2) is 6.72. The van der Waals surface area contributed by atoms with Gasteiger partial charge in [-0.25, -0.2) is 9.97 Å². The number of nitrogens with zero attached hydrogens (tertiary/aromatic N) is 3. The smallest absolute Gasteiger partial charge is 0.267 e. The van der Waals surface area contributed by atoms with E-state index in [1.54, 1.807) is 24.3 Å². The SMILES string of the molecule is NC(=O)c1cc(-c2cc(Cl)ccc2Cl)nc(N2CCCCC2)n1. The largest absolute Gasteiger partial charge is 0.364 e. The van der Waals surface area contributed by atoms with Crippen LogP contribution in [0.25, 0.3) is 11.3 Å². The highest BCUT2D eigenvalue weighted by molar-refractivity contribution is 6.35. The Bertz CT molecular complexity index is 745. The van der Waals surface area contributed by atoms with E-state index in [-0.39, 0.29) is 5.69 Å². The lowest BCUT2D eigenvalue weighted by atomic mass is 10.1. The van der Waals surface area contributed by atoms with Crippen molar-refractivity contribution in [2.24, 2.45) is 5.73 Å². The van der Waals surface area contributed by atoms with Crippen LogP contribution in [-0.4, -0.2) is 29.0 Å². The molecule has 1 aliphatic heterocycles. The number of benzene rings is 1. The lowest BCUT2D eigenvalue weighted by Gasteiger charge is -2.27. The predicted molar refractivity (Wildman–Crippen MR) is 92.1 cm³/mol. The maximum Gasteiger partial charge on any atom is 0.267 e. The molecule has 0 spiro atoms. The number of halogens is 2. The van der Waals surface area contributed by atoms with E-state index < -0.39 is 5.91 Å². The number of piperidine rings is 1. The maximum atomic E-state index is 11.6. The molecule has 3 rings (SSSR count). The number of nitrogens with two attached hydrogens (primary N) is 1. The molecule has 1 aromatic carbocycles. The van der Waals surface area contributed by atoms with E-state index in [1.807, 2.05) is 0 Å². The summed E-state index contributed by atoms with van der Waals surface area (Å²) < 4.78 is 0. The molecule has 1 saturated heterocycles. The van der Waals surface area contributed by atoms with Gasteiger partial charge in [-0.2, -0.15) is 0 Å². The Hall–Kier alpha value is -1.85. The fourth-order valence-corrected chi connectivity index (χ4v) is 3.01. The van der Waals surface area contributed by atoms with Crippen molar-refractivity contribution in [3.8, 4) is 11.3 Å². The summed E-state index contributed by atoms with van der Waals surface area (Å²) in [5, 5.41) is 1.05.